The van der Waals surface area contributed by atoms with Crippen LogP contribution in [0.1, 0.15) is 22.3 Å². The van der Waals surface area contributed by atoms with Crippen LogP contribution in [0.3, 0.4) is 0 Å². The van der Waals surface area contributed by atoms with Crippen LogP contribution in [-0.2, 0) is 9.59 Å². The van der Waals surface area contributed by atoms with Crippen molar-refractivity contribution in [1.29, 1.82) is 0 Å². The Morgan fingerprint density at radius 2 is 1.63 bits per heavy atom. The van der Waals surface area contributed by atoms with Gasteiger partial charge in [-0.1, -0.05) is 35.9 Å². The third-order valence-electron chi connectivity index (χ3n) is 4.40. The summed E-state index contributed by atoms with van der Waals surface area (Å²) in [6.07, 6.45) is 1.44. The van der Waals surface area contributed by atoms with Gasteiger partial charge >= 0.3 is 6.03 Å². The number of barbiturate groups is 1. The minimum atomic E-state index is -0.753. The summed E-state index contributed by atoms with van der Waals surface area (Å²) in [5.74, 6) is -0.865. The van der Waals surface area contributed by atoms with E-state index in [1.807, 2.05) is 32.9 Å². The molecule has 0 aromatic heterocycles. The van der Waals surface area contributed by atoms with Crippen LogP contribution in [0.25, 0.3) is 6.08 Å². The molecule has 1 saturated heterocycles. The first-order valence-corrected chi connectivity index (χ1v) is 8.45. The first-order chi connectivity index (χ1) is 12.8. The number of benzene rings is 2. The van der Waals surface area contributed by atoms with Gasteiger partial charge < -0.3 is 4.74 Å². The molecule has 0 spiro atoms. The van der Waals surface area contributed by atoms with E-state index < -0.39 is 17.8 Å². The molecular weight excluding hydrogens is 344 g/mol. The molecule has 0 aliphatic carbocycles. The predicted molar refractivity (Wildman–Crippen MR) is 103 cm³/mol. The minimum absolute atomic E-state index is 0.126. The zero-order chi connectivity index (χ0) is 19.7. The van der Waals surface area contributed by atoms with Gasteiger partial charge in [0.1, 0.15) is 11.3 Å². The topological polar surface area (TPSA) is 75.7 Å². The number of aryl methyl sites for hydroxylation is 3. The van der Waals surface area contributed by atoms with Crippen LogP contribution in [0.2, 0.25) is 0 Å². The Balaban J connectivity index is 2.12. The van der Waals surface area contributed by atoms with Crippen LogP contribution in [0.15, 0.2) is 42.0 Å². The first kappa shape index (κ1) is 18.4. The largest absolute Gasteiger partial charge is 0.496 e. The highest BCUT2D eigenvalue weighted by Gasteiger charge is 2.38. The lowest BCUT2D eigenvalue weighted by Gasteiger charge is -2.29. The smallest absolute Gasteiger partial charge is 0.335 e. The fraction of sp³-hybridized carbons (Fsp3) is 0.190. The van der Waals surface area contributed by atoms with Gasteiger partial charge in [0.05, 0.1) is 12.8 Å². The lowest BCUT2D eigenvalue weighted by molar-refractivity contribution is -0.122. The van der Waals surface area contributed by atoms with Gasteiger partial charge in [0.15, 0.2) is 0 Å². The van der Waals surface area contributed by atoms with E-state index in [4.69, 9.17) is 4.74 Å². The minimum Gasteiger partial charge on any atom is -0.496 e. The molecule has 6 nitrogen and oxygen atoms in total. The highest BCUT2D eigenvalue weighted by Crippen LogP contribution is 2.30. The Morgan fingerprint density at radius 3 is 2.26 bits per heavy atom. The SMILES string of the molecule is COc1ccccc1/C=C1\C(=O)NC(=O)N(c2c(C)cc(C)cc2C)C1=O. The Hall–Kier alpha value is -3.41. The summed E-state index contributed by atoms with van der Waals surface area (Å²) in [7, 11) is 1.51. The van der Waals surface area contributed by atoms with Gasteiger partial charge in [-0.3, -0.25) is 14.9 Å². The number of para-hydroxylation sites is 1. The van der Waals surface area contributed by atoms with Crippen molar-refractivity contribution in [2.24, 2.45) is 0 Å². The number of hydrogen-bond donors (Lipinski definition) is 1. The summed E-state index contributed by atoms with van der Waals surface area (Å²) in [6, 6.07) is 10.1. The second-order valence-corrected chi connectivity index (χ2v) is 6.45. The van der Waals surface area contributed by atoms with E-state index in [1.165, 1.54) is 13.2 Å². The molecular formula is C21H20N2O4. The molecule has 138 valence electrons. The summed E-state index contributed by atoms with van der Waals surface area (Å²) in [4.78, 5) is 38.9. The van der Waals surface area contributed by atoms with E-state index in [9.17, 15) is 14.4 Å². The van der Waals surface area contributed by atoms with Crippen LogP contribution in [-0.4, -0.2) is 25.0 Å². The number of amides is 4. The normalized spacial score (nSPS) is 15.9. The van der Waals surface area contributed by atoms with Crippen molar-refractivity contribution in [3.63, 3.8) is 0 Å². The number of anilines is 1. The van der Waals surface area contributed by atoms with E-state index in [1.54, 1.807) is 24.3 Å². The monoisotopic (exact) mass is 364 g/mol. The number of urea groups is 1. The Labute approximate surface area is 157 Å². The van der Waals surface area contributed by atoms with Crippen LogP contribution in [0.5, 0.6) is 5.75 Å². The van der Waals surface area contributed by atoms with Crippen molar-refractivity contribution >= 4 is 29.6 Å². The van der Waals surface area contributed by atoms with Crippen LogP contribution >= 0.6 is 0 Å². The zero-order valence-corrected chi connectivity index (χ0v) is 15.6. The van der Waals surface area contributed by atoms with Crippen molar-refractivity contribution in [2.45, 2.75) is 20.8 Å². The summed E-state index contributed by atoms with van der Waals surface area (Å²) in [6.45, 7) is 5.60. The molecule has 6 heteroatoms. The molecule has 2 aromatic carbocycles. The highest BCUT2D eigenvalue weighted by molar-refractivity contribution is 6.39. The summed E-state index contributed by atoms with van der Waals surface area (Å²) in [5.41, 5.74) is 3.52. The van der Waals surface area contributed by atoms with Gasteiger partial charge in [-0.05, 0) is 44.0 Å². The highest BCUT2D eigenvalue weighted by atomic mass is 16.5. The van der Waals surface area contributed by atoms with E-state index in [0.717, 1.165) is 21.6 Å². The van der Waals surface area contributed by atoms with Crippen LogP contribution in [0.4, 0.5) is 10.5 Å². The van der Waals surface area contributed by atoms with Gasteiger partial charge in [-0.15, -0.1) is 0 Å². The van der Waals surface area contributed by atoms with Crippen molar-refractivity contribution in [1.82, 2.24) is 5.32 Å². The number of ether oxygens (including phenoxy) is 1. The quantitative estimate of drug-likeness (QED) is 0.670. The van der Waals surface area contributed by atoms with Gasteiger partial charge in [0, 0.05) is 5.56 Å². The number of nitrogens with zero attached hydrogens (tertiary/aromatic N) is 1. The first-order valence-electron chi connectivity index (χ1n) is 8.45. The van der Waals surface area contributed by atoms with Crippen molar-refractivity contribution in [2.75, 3.05) is 12.0 Å². The second-order valence-electron chi connectivity index (χ2n) is 6.45. The third kappa shape index (κ3) is 3.33. The molecule has 1 aliphatic heterocycles. The number of imide groups is 2. The summed E-state index contributed by atoms with van der Waals surface area (Å²) < 4.78 is 5.27. The molecule has 0 saturated carbocycles. The molecule has 0 bridgehead atoms. The van der Waals surface area contributed by atoms with E-state index in [2.05, 4.69) is 5.32 Å². The molecule has 1 aliphatic rings. The van der Waals surface area contributed by atoms with Gasteiger partial charge in [-0.25, -0.2) is 9.69 Å². The predicted octanol–water partition coefficient (Wildman–Crippen LogP) is 3.29. The molecule has 0 radical (unpaired) electrons. The van der Waals surface area contributed by atoms with Crippen molar-refractivity contribution < 1.29 is 19.1 Å². The third-order valence-corrected chi connectivity index (χ3v) is 4.40. The number of nitrogens with one attached hydrogen (secondary N) is 1. The molecule has 4 amide bonds. The molecule has 2 aromatic rings. The Bertz CT molecular complexity index is 968. The maximum atomic E-state index is 13.1. The fourth-order valence-electron chi connectivity index (χ4n) is 3.33. The van der Waals surface area contributed by atoms with Gasteiger partial charge in [0.2, 0.25) is 0 Å². The Kier molecular flexibility index (Phi) is 4.81. The number of carbonyl (C=O) groups is 3. The standard InChI is InChI=1S/C21H20N2O4/c1-12-9-13(2)18(14(3)10-12)23-20(25)16(19(24)22-21(23)26)11-15-7-5-6-8-17(15)27-4/h5-11H,1-4H3,(H,22,24,26)/b16-11+. The van der Waals surface area contributed by atoms with Crippen LogP contribution in [0, 0.1) is 20.8 Å². The number of rotatable bonds is 3. The maximum absolute atomic E-state index is 13.1. The second kappa shape index (κ2) is 7.07. The average molecular weight is 364 g/mol. The molecule has 3 rings (SSSR count). The lowest BCUT2D eigenvalue weighted by atomic mass is 10.0. The summed E-state index contributed by atoms with van der Waals surface area (Å²) >= 11 is 0. The fourth-order valence-corrected chi connectivity index (χ4v) is 3.33. The molecule has 1 N–H and O–H groups in total. The molecule has 0 atom stereocenters. The molecule has 1 fully saturated rings. The number of hydrogen-bond acceptors (Lipinski definition) is 4. The van der Waals surface area contributed by atoms with Crippen molar-refractivity contribution in [3.8, 4) is 5.75 Å². The van der Waals surface area contributed by atoms with E-state index >= 15 is 0 Å². The van der Waals surface area contributed by atoms with Crippen molar-refractivity contribution in [3.05, 3.63) is 64.2 Å². The zero-order valence-electron chi connectivity index (χ0n) is 15.6. The van der Waals surface area contributed by atoms with Gasteiger partial charge in [-0.2, -0.15) is 0 Å². The number of methoxy groups -OCH3 is 1. The van der Waals surface area contributed by atoms with Gasteiger partial charge in [0.25, 0.3) is 11.8 Å². The maximum Gasteiger partial charge on any atom is 0.335 e. The summed E-state index contributed by atoms with van der Waals surface area (Å²) in [5, 5.41) is 2.25. The molecule has 0 unspecified atom stereocenters. The van der Waals surface area contributed by atoms with E-state index in [0.29, 0.717) is 17.0 Å². The number of carbonyl (C=O) groups excluding carboxylic acids is 3. The van der Waals surface area contributed by atoms with Crippen LogP contribution < -0.4 is 15.0 Å². The Morgan fingerprint density at radius 1 is 1.00 bits per heavy atom. The molecule has 27 heavy (non-hydrogen) atoms. The molecule has 1 heterocycles. The average Bonchev–Trinajstić information content (AvgIpc) is 2.60. The lowest BCUT2D eigenvalue weighted by Crippen LogP contribution is -2.54. The van der Waals surface area contributed by atoms with E-state index in [-0.39, 0.29) is 5.57 Å².